The molecule has 1 N–H and O–H groups in total. The molecule has 3 heterocycles. The second-order valence-electron chi connectivity index (χ2n) is 8.71. The average Bonchev–Trinajstić information content (AvgIpc) is 3.39. The Hall–Kier alpha value is -4.07. The molecule has 8 heteroatoms. The first-order valence-electron chi connectivity index (χ1n) is 11.7. The molecule has 0 spiro atoms. The maximum Gasteiger partial charge on any atom is 0.261 e. The van der Waals surface area contributed by atoms with Crippen molar-refractivity contribution in [2.75, 3.05) is 18.0 Å². The highest BCUT2D eigenvalue weighted by molar-refractivity contribution is 5.79. The van der Waals surface area contributed by atoms with Crippen molar-refractivity contribution in [3.8, 4) is 22.8 Å². The fraction of sp³-hybridized carbons (Fsp3) is 0.259. The number of nitrogens with one attached hydrogen (secondary N) is 1. The van der Waals surface area contributed by atoms with E-state index in [1.54, 1.807) is 18.3 Å². The second-order valence-corrected chi connectivity index (χ2v) is 8.71. The fourth-order valence-corrected chi connectivity index (χ4v) is 4.38. The van der Waals surface area contributed by atoms with Crippen LogP contribution < -0.4 is 10.2 Å². The van der Waals surface area contributed by atoms with E-state index >= 15 is 0 Å². The van der Waals surface area contributed by atoms with Gasteiger partial charge < -0.3 is 14.7 Å². The number of rotatable bonds is 6. The standard InChI is InChI=1S/C27H26FN5O2/c1-18-6-2-3-7-21(18)17-30-26(34)19-11-14-33(15-12-19)25-23(10-5-13-29-25)27-31-24(32-35-27)20-8-4-9-22(28)16-20/h2-10,13,16,19H,11-12,14-15,17H2,1H3,(H,30,34). The SMILES string of the molecule is Cc1ccccc1CNC(=O)C1CCN(c2ncccc2-c2nc(-c3cccc(F)c3)no2)CC1. The molecule has 1 saturated heterocycles. The van der Waals surface area contributed by atoms with E-state index in [1.807, 2.05) is 30.3 Å². The zero-order valence-electron chi connectivity index (χ0n) is 19.4. The lowest BCUT2D eigenvalue weighted by atomic mass is 9.95. The molecular weight excluding hydrogens is 445 g/mol. The molecule has 178 valence electrons. The molecule has 0 atom stereocenters. The highest BCUT2D eigenvalue weighted by Crippen LogP contribution is 2.32. The third-order valence-corrected chi connectivity index (χ3v) is 6.41. The molecule has 2 aromatic carbocycles. The van der Waals surface area contributed by atoms with Crippen molar-refractivity contribution in [1.29, 1.82) is 0 Å². The molecule has 1 aliphatic heterocycles. The quantitative estimate of drug-likeness (QED) is 0.436. The number of aromatic nitrogens is 3. The molecule has 0 aliphatic carbocycles. The van der Waals surface area contributed by atoms with Crippen LogP contribution in [0.5, 0.6) is 0 Å². The summed E-state index contributed by atoms with van der Waals surface area (Å²) in [5.74, 6) is 1.07. The number of halogens is 1. The lowest BCUT2D eigenvalue weighted by molar-refractivity contribution is -0.125. The van der Waals surface area contributed by atoms with Gasteiger partial charge in [-0.05, 0) is 55.2 Å². The Bertz CT molecular complexity index is 1330. The number of carbonyl (C=O) groups is 1. The van der Waals surface area contributed by atoms with Gasteiger partial charge in [-0.3, -0.25) is 4.79 Å². The van der Waals surface area contributed by atoms with Gasteiger partial charge in [0.1, 0.15) is 11.6 Å². The summed E-state index contributed by atoms with van der Waals surface area (Å²) < 4.78 is 19.1. The van der Waals surface area contributed by atoms with Crippen LogP contribution in [-0.4, -0.2) is 34.1 Å². The van der Waals surface area contributed by atoms with E-state index in [0.717, 1.165) is 24.2 Å². The monoisotopic (exact) mass is 471 g/mol. The van der Waals surface area contributed by atoms with Gasteiger partial charge in [0, 0.05) is 37.3 Å². The molecule has 7 nitrogen and oxygen atoms in total. The Balaban J connectivity index is 1.25. The summed E-state index contributed by atoms with van der Waals surface area (Å²) in [5, 5.41) is 7.12. The highest BCUT2D eigenvalue weighted by Gasteiger charge is 2.28. The number of carbonyl (C=O) groups excluding carboxylic acids is 1. The van der Waals surface area contributed by atoms with Crippen molar-refractivity contribution in [2.45, 2.75) is 26.3 Å². The van der Waals surface area contributed by atoms with E-state index in [0.29, 0.717) is 42.5 Å². The van der Waals surface area contributed by atoms with Gasteiger partial charge in [-0.25, -0.2) is 9.37 Å². The number of aryl methyl sites for hydroxylation is 1. The topological polar surface area (TPSA) is 84.2 Å². The first-order chi connectivity index (χ1) is 17.1. The van der Waals surface area contributed by atoms with Gasteiger partial charge in [-0.2, -0.15) is 4.98 Å². The molecule has 0 unspecified atom stereocenters. The predicted molar refractivity (Wildman–Crippen MR) is 131 cm³/mol. The third-order valence-electron chi connectivity index (χ3n) is 6.41. The van der Waals surface area contributed by atoms with Gasteiger partial charge >= 0.3 is 0 Å². The van der Waals surface area contributed by atoms with E-state index in [2.05, 4.69) is 38.3 Å². The summed E-state index contributed by atoms with van der Waals surface area (Å²) in [7, 11) is 0. The van der Waals surface area contributed by atoms with Crippen molar-refractivity contribution >= 4 is 11.7 Å². The largest absolute Gasteiger partial charge is 0.356 e. The van der Waals surface area contributed by atoms with Crippen molar-refractivity contribution < 1.29 is 13.7 Å². The molecule has 1 aliphatic rings. The van der Waals surface area contributed by atoms with Crippen LogP contribution in [0, 0.1) is 18.7 Å². The second kappa shape index (κ2) is 10.0. The van der Waals surface area contributed by atoms with Gasteiger partial charge in [0.25, 0.3) is 5.89 Å². The molecule has 1 fully saturated rings. The molecule has 4 aromatic rings. The van der Waals surface area contributed by atoms with Crippen LogP contribution in [0.15, 0.2) is 71.4 Å². The maximum absolute atomic E-state index is 13.6. The molecule has 0 bridgehead atoms. The number of benzene rings is 2. The minimum atomic E-state index is -0.360. The van der Waals surface area contributed by atoms with Gasteiger partial charge in [0.2, 0.25) is 11.7 Å². The van der Waals surface area contributed by atoms with Crippen molar-refractivity contribution in [3.63, 3.8) is 0 Å². The molecule has 0 radical (unpaired) electrons. The third kappa shape index (κ3) is 5.06. The Morgan fingerprint density at radius 3 is 2.74 bits per heavy atom. The zero-order chi connectivity index (χ0) is 24.2. The van der Waals surface area contributed by atoms with E-state index in [4.69, 9.17) is 4.52 Å². The van der Waals surface area contributed by atoms with E-state index in [9.17, 15) is 9.18 Å². The van der Waals surface area contributed by atoms with E-state index in [-0.39, 0.29) is 17.6 Å². The molecule has 35 heavy (non-hydrogen) atoms. The molecule has 2 aromatic heterocycles. The summed E-state index contributed by atoms with van der Waals surface area (Å²) in [6.07, 6.45) is 3.19. The number of nitrogens with zero attached hydrogens (tertiary/aromatic N) is 4. The number of pyridine rings is 1. The van der Waals surface area contributed by atoms with E-state index < -0.39 is 0 Å². The first kappa shape index (κ1) is 22.7. The van der Waals surface area contributed by atoms with Crippen LogP contribution in [-0.2, 0) is 11.3 Å². The molecule has 5 rings (SSSR count). The first-order valence-corrected chi connectivity index (χ1v) is 11.7. The summed E-state index contributed by atoms with van der Waals surface area (Å²) in [4.78, 5) is 24.0. The van der Waals surface area contributed by atoms with Crippen LogP contribution in [0.1, 0.15) is 24.0 Å². The van der Waals surface area contributed by atoms with Gasteiger partial charge in [-0.15, -0.1) is 0 Å². The molecule has 0 saturated carbocycles. The highest BCUT2D eigenvalue weighted by atomic mass is 19.1. The van der Waals surface area contributed by atoms with Crippen LogP contribution in [0.25, 0.3) is 22.8 Å². The predicted octanol–water partition coefficient (Wildman–Crippen LogP) is 4.78. The Morgan fingerprint density at radius 2 is 1.94 bits per heavy atom. The number of hydrogen-bond donors (Lipinski definition) is 1. The number of piperidine rings is 1. The summed E-state index contributed by atoms with van der Waals surface area (Å²) in [6, 6.07) is 17.9. The number of amides is 1. The van der Waals surface area contributed by atoms with Crippen LogP contribution in [0.4, 0.5) is 10.2 Å². The van der Waals surface area contributed by atoms with Crippen LogP contribution in [0.2, 0.25) is 0 Å². The maximum atomic E-state index is 13.6. The number of hydrogen-bond acceptors (Lipinski definition) is 6. The summed E-state index contributed by atoms with van der Waals surface area (Å²) in [5.41, 5.74) is 3.56. The normalized spacial score (nSPS) is 14.2. The van der Waals surface area contributed by atoms with Crippen LogP contribution in [0.3, 0.4) is 0 Å². The van der Waals surface area contributed by atoms with E-state index in [1.165, 1.54) is 17.7 Å². The van der Waals surface area contributed by atoms with Crippen LogP contribution >= 0.6 is 0 Å². The fourth-order valence-electron chi connectivity index (χ4n) is 4.38. The van der Waals surface area contributed by atoms with Crippen molar-refractivity contribution in [3.05, 3.63) is 83.8 Å². The lowest BCUT2D eigenvalue weighted by Gasteiger charge is -2.32. The van der Waals surface area contributed by atoms with Crippen molar-refractivity contribution in [2.24, 2.45) is 5.92 Å². The molecular formula is C27H26FN5O2. The molecule has 1 amide bonds. The van der Waals surface area contributed by atoms with Gasteiger partial charge in [0.15, 0.2) is 0 Å². The Labute approximate surface area is 203 Å². The summed E-state index contributed by atoms with van der Waals surface area (Å²) in [6.45, 7) is 3.98. The Kier molecular flexibility index (Phi) is 6.52. The zero-order valence-corrected chi connectivity index (χ0v) is 19.4. The van der Waals surface area contributed by atoms with Gasteiger partial charge in [-0.1, -0.05) is 41.6 Å². The smallest absolute Gasteiger partial charge is 0.261 e. The number of anilines is 1. The van der Waals surface area contributed by atoms with Crippen molar-refractivity contribution in [1.82, 2.24) is 20.4 Å². The minimum Gasteiger partial charge on any atom is -0.356 e. The lowest BCUT2D eigenvalue weighted by Crippen LogP contribution is -2.40. The Morgan fingerprint density at radius 1 is 1.11 bits per heavy atom. The summed E-state index contributed by atoms with van der Waals surface area (Å²) >= 11 is 0. The minimum absolute atomic E-state index is 0.0367. The van der Waals surface area contributed by atoms with Gasteiger partial charge in [0.05, 0.1) is 5.56 Å². The average molecular weight is 472 g/mol.